The fraction of sp³-hybridized carbons (Fsp3) is 0. The smallest absolute Gasteiger partial charge is 0.361 e. The number of hydrogen-bond acceptors (Lipinski definition) is 7. The van der Waals surface area contributed by atoms with Crippen LogP contribution in [0.2, 0.25) is 0 Å². The average molecular weight is 284 g/mol. The van der Waals surface area contributed by atoms with Gasteiger partial charge in [0.1, 0.15) is 5.75 Å². The molecule has 1 aromatic rings. The minimum atomic E-state index is -4.63. The van der Waals surface area contributed by atoms with E-state index in [1.54, 1.807) is 6.07 Å². The highest BCUT2D eigenvalue weighted by atomic mass is 32.3. The second-order valence-electron chi connectivity index (χ2n) is 2.57. The number of para-hydroxylation sites is 1. The third kappa shape index (κ3) is 6.15. The molecule has 0 aromatic heterocycles. The Hall–Kier alpha value is -1.24. The fourth-order valence-corrected chi connectivity index (χ4v) is 1.46. The van der Waals surface area contributed by atoms with E-state index in [2.05, 4.69) is 8.47 Å². The van der Waals surface area contributed by atoms with Crippen molar-refractivity contribution in [3.63, 3.8) is 0 Å². The van der Waals surface area contributed by atoms with Crippen LogP contribution in [0.1, 0.15) is 0 Å². The first-order valence-corrected chi connectivity index (χ1v) is 6.73. The third-order valence-corrected chi connectivity index (χ3v) is 2.28. The van der Waals surface area contributed by atoms with E-state index in [0.717, 1.165) is 4.83 Å². The van der Waals surface area contributed by atoms with Crippen LogP contribution in [0.15, 0.2) is 30.3 Å². The summed E-state index contributed by atoms with van der Waals surface area (Å²) < 4.78 is 58.8. The Morgan fingerprint density at radius 1 is 1.06 bits per heavy atom. The Labute approximate surface area is 97.5 Å². The zero-order valence-electron chi connectivity index (χ0n) is 8.10. The lowest BCUT2D eigenvalue weighted by Crippen LogP contribution is -2.39. The summed E-state index contributed by atoms with van der Waals surface area (Å²) in [5, 5.41) is 0. The summed E-state index contributed by atoms with van der Waals surface area (Å²) in [7, 11) is -9.13. The van der Waals surface area contributed by atoms with Gasteiger partial charge in [-0.1, -0.05) is 18.2 Å². The van der Waals surface area contributed by atoms with Crippen molar-refractivity contribution in [2.45, 2.75) is 0 Å². The molecule has 0 unspecified atom stereocenters. The predicted octanol–water partition coefficient (Wildman–Crippen LogP) is -0.861. The molecule has 0 aliphatic heterocycles. The standard InChI is InChI=1S/C6H8N2O7S2/c9-16(10,11)8-7-15-17(12,13)14-6-4-2-1-3-5-6/h1-5,7-8H,(H,9,10,11). The molecule has 0 fully saturated rings. The second kappa shape index (κ2) is 5.39. The maximum Gasteiger partial charge on any atom is 0.466 e. The van der Waals surface area contributed by atoms with Gasteiger partial charge in [0.05, 0.1) is 0 Å². The van der Waals surface area contributed by atoms with E-state index in [4.69, 9.17) is 4.55 Å². The molecule has 0 heterocycles. The molecule has 0 aliphatic carbocycles. The molecule has 0 atom stereocenters. The summed E-state index contributed by atoms with van der Waals surface area (Å²) >= 11 is 0. The van der Waals surface area contributed by atoms with Gasteiger partial charge >= 0.3 is 20.7 Å². The highest BCUT2D eigenvalue weighted by molar-refractivity contribution is 7.83. The molecular weight excluding hydrogens is 276 g/mol. The topological polar surface area (TPSA) is 131 Å². The lowest BCUT2D eigenvalue weighted by molar-refractivity contribution is 0.159. The number of rotatable bonds is 6. The van der Waals surface area contributed by atoms with Crippen molar-refractivity contribution in [3.8, 4) is 5.75 Å². The van der Waals surface area contributed by atoms with Gasteiger partial charge in [0, 0.05) is 0 Å². The molecule has 0 aliphatic rings. The van der Waals surface area contributed by atoms with Crippen LogP contribution in [0.25, 0.3) is 0 Å². The molecule has 0 bridgehead atoms. The first-order chi connectivity index (χ1) is 7.79. The number of hydrogen-bond donors (Lipinski definition) is 3. The molecule has 0 radical (unpaired) electrons. The zero-order chi connectivity index (χ0) is 12.9. The minimum Gasteiger partial charge on any atom is -0.361 e. The van der Waals surface area contributed by atoms with Gasteiger partial charge < -0.3 is 4.18 Å². The SMILES string of the molecule is O=S(=O)(O)NNOS(=O)(=O)Oc1ccccc1. The number of nitrogens with one attached hydrogen (secondary N) is 2. The highest BCUT2D eigenvalue weighted by Gasteiger charge is 2.15. The second-order valence-corrected chi connectivity index (χ2v) is 4.87. The third-order valence-electron chi connectivity index (χ3n) is 1.26. The lowest BCUT2D eigenvalue weighted by atomic mass is 10.3. The Bertz CT molecular complexity index is 553. The molecule has 9 nitrogen and oxygen atoms in total. The van der Waals surface area contributed by atoms with Gasteiger partial charge in [-0.2, -0.15) is 16.8 Å². The normalized spacial score (nSPS) is 12.3. The predicted molar refractivity (Wildman–Crippen MR) is 54.9 cm³/mol. The monoisotopic (exact) mass is 284 g/mol. The Morgan fingerprint density at radius 3 is 2.18 bits per heavy atom. The summed E-state index contributed by atoms with van der Waals surface area (Å²) in [4.78, 5) is 1.16. The van der Waals surface area contributed by atoms with E-state index in [1.165, 1.54) is 29.9 Å². The van der Waals surface area contributed by atoms with Crippen molar-refractivity contribution in [1.29, 1.82) is 0 Å². The van der Waals surface area contributed by atoms with Crippen LogP contribution in [-0.4, -0.2) is 21.4 Å². The molecule has 17 heavy (non-hydrogen) atoms. The van der Waals surface area contributed by atoms with Crippen LogP contribution in [0.5, 0.6) is 5.75 Å². The quantitative estimate of drug-likeness (QED) is 0.454. The Balaban J connectivity index is 2.53. The van der Waals surface area contributed by atoms with Crippen LogP contribution >= 0.6 is 0 Å². The highest BCUT2D eigenvalue weighted by Crippen LogP contribution is 2.11. The Morgan fingerprint density at radius 2 is 1.65 bits per heavy atom. The summed E-state index contributed by atoms with van der Waals surface area (Å²) in [5.41, 5.74) is 1.28. The van der Waals surface area contributed by atoms with E-state index in [9.17, 15) is 16.8 Å². The largest absolute Gasteiger partial charge is 0.466 e. The van der Waals surface area contributed by atoms with Crippen molar-refractivity contribution in [2.75, 3.05) is 0 Å². The maximum atomic E-state index is 11.1. The van der Waals surface area contributed by atoms with Gasteiger partial charge in [0.15, 0.2) is 0 Å². The molecule has 0 amide bonds. The molecular formula is C6H8N2O7S2. The van der Waals surface area contributed by atoms with E-state index in [-0.39, 0.29) is 5.75 Å². The van der Waals surface area contributed by atoms with Gasteiger partial charge in [-0.05, 0) is 12.1 Å². The molecule has 1 aromatic carbocycles. The minimum absolute atomic E-state index is 0.0267. The molecule has 1 rings (SSSR count). The van der Waals surface area contributed by atoms with E-state index < -0.39 is 20.7 Å². The van der Waals surface area contributed by atoms with Crippen LogP contribution in [0, 0.1) is 0 Å². The van der Waals surface area contributed by atoms with Gasteiger partial charge in [0.2, 0.25) is 0 Å². The average Bonchev–Trinajstić information content (AvgIpc) is 2.15. The first kappa shape index (κ1) is 13.8. The van der Waals surface area contributed by atoms with E-state index in [1.807, 2.05) is 0 Å². The van der Waals surface area contributed by atoms with Gasteiger partial charge in [-0.25, -0.2) is 0 Å². The van der Waals surface area contributed by atoms with Gasteiger partial charge in [-0.15, -0.1) is 14.7 Å². The molecule has 3 N–H and O–H groups in total. The fourth-order valence-electron chi connectivity index (χ4n) is 0.732. The Kier molecular flexibility index (Phi) is 4.39. The summed E-state index contributed by atoms with van der Waals surface area (Å²) in [6.07, 6.45) is 0. The van der Waals surface area contributed by atoms with Crippen molar-refractivity contribution < 1.29 is 29.9 Å². The molecule has 11 heteroatoms. The van der Waals surface area contributed by atoms with Crippen LogP contribution in [0.4, 0.5) is 0 Å². The van der Waals surface area contributed by atoms with Crippen LogP contribution < -0.4 is 14.6 Å². The molecule has 96 valence electrons. The van der Waals surface area contributed by atoms with Gasteiger partial charge in [-0.3, -0.25) is 4.55 Å². The summed E-state index contributed by atoms with van der Waals surface area (Å²) in [6, 6.07) is 7.37. The van der Waals surface area contributed by atoms with E-state index in [0.29, 0.717) is 0 Å². The first-order valence-electron chi connectivity index (χ1n) is 3.96. The van der Waals surface area contributed by atoms with Crippen molar-refractivity contribution >= 4 is 20.7 Å². The van der Waals surface area contributed by atoms with Crippen molar-refractivity contribution in [1.82, 2.24) is 10.4 Å². The van der Waals surface area contributed by atoms with Gasteiger partial charge in [0.25, 0.3) is 0 Å². The van der Waals surface area contributed by atoms with Crippen LogP contribution in [-0.2, 0) is 25.0 Å². The lowest BCUT2D eigenvalue weighted by Gasteiger charge is -2.06. The maximum absolute atomic E-state index is 11.1. The summed E-state index contributed by atoms with van der Waals surface area (Å²) in [6.45, 7) is 0. The van der Waals surface area contributed by atoms with Crippen molar-refractivity contribution in [2.24, 2.45) is 0 Å². The number of benzene rings is 1. The summed E-state index contributed by atoms with van der Waals surface area (Å²) in [5.74, 6) is -0.0267. The van der Waals surface area contributed by atoms with Crippen molar-refractivity contribution in [3.05, 3.63) is 30.3 Å². The number of hydrazine groups is 1. The molecule has 0 saturated heterocycles. The molecule has 0 spiro atoms. The van der Waals surface area contributed by atoms with Crippen LogP contribution in [0.3, 0.4) is 0 Å². The van der Waals surface area contributed by atoms with E-state index >= 15 is 0 Å². The molecule has 0 saturated carbocycles. The zero-order valence-corrected chi connectivity index (χ0v) is 9.73.